The van der Waals surface area contributed by atoms with Crippen molar-refractivity contribution in [2.45, 2.75) is 43.8 Å². The van der Waals surface area contributed by atoms with Crippen LogP contribution in [0.3, 0.4) is 0 Å². The lowest BCUT2D eigenvalue weighted by atomic mass is 9.79. The van der Waals surface area contributed by atoms with Crippen molar-refractivity contribution in [3.05, 3.63) is 18.2 Å². The molecule has 1 aliphatic rings. The summed E-state index contributed by atoms with van der Waals surface area (Å²) in [6.07, 6.45) is 2.03. The molecular weight excluding hydrogens is 245 g/mol. The number of rotatable bonds is 2. The quantitative estimate of drug-likeness (QED) is 0.506. The van der Waals surface area contributed by atoms with Gasteiger partial charge in [0.25, 0.3) is 0 Å². The molecule has 1 saturated heterocycles. The number of nitrogens with two attached hydrogens (primary N) is 1. The number of benzene rings is 1. The predicted octanol–water partition coefficient (Wildman–Crippen LogP) is 2.29. The molecule has 0 amide bonds. The van der Waals surface area contributed by atoms with Crippen LogP contribution < -0.4 is 11.2 Å². The molecule has 0 atom stereocenters. The molecule has 98 valence electrons. The number of thioether (sulfide) groups is 1. The maximum Gasteiger partial charge on any atom is 0.494 e. The average Bonchev–Trinajstić information content (AvgIpc) is 2.47. The highest BCUT2D eigenvalue weighted by molar-refractivity contribution is 7.98. The second-order valence-electron chi connectivity index (χ2n) is 5.63. The summed E-state index contributed by atoms with van der Waals surface area (Å²) in [6, 6.07) is 5.95. The van der Waals surface area contributed by atoms with Crippen LogP contribution in [-0.4, -0.2) is 24.6 Å². The zero-order chi connectivity index (χ0) is 13.6. The second-order valence-corrected chi connectivity index (χ2v) is 6.51. The summed E-state index contributed by atoms with van der Waals surface area (Å²) in [5.74, 6) is 0. The van der Waals surface area contributed by atoms with Crippen molar-refractivity contribution in [3.63, 3.8) is 0 Å². The first kappa shape index (κ1) is 13.8. The minimum Gasteiger partial charge on any atom is -0.399 e. The van der Waals surface area contributed by atoms with Gasteiger partial charge in [-0.1, -0.05) is 0 Å². The Labute approximate surface area is 114 Å². The van der Waals surface area contributed by atoms with Gasteiger partial charge in [-0.2, -0.15) is 0 Å². The highest BCUT2D eigenvalue weighted by atomic mass is 32.2. The number of hydrogen-bond acceptors (Lipinski definition) is 4. The Morgan fingerprint density at radius 2 is 1.61 bits per heavy atom. The van der Waals surface area contributed by atoms with Crippen LogP contribution >= 0.6 is 11.8 Å². The van der Waals surface area contributed by atoms with Crippen molar-refractivity contribution < 1.29 is 9.31 Å². The first-order valence-electron chi connectivity index (χ1n) is 6.05. The summed E-state index contributed by atoms with van der Waals surface area (Å²) in [5, 5.41) is 0. The van der Waals surface area contributed by atoms with E-state index in [9.17, 15) is 0 Å². The molecule has 0 unspecified atom stereocenters. The fourth-order valence-corrected chi connectivity index (χ4v) is 2.39. The maximum atomic E-state index is 6.02. The van der Waals surface area contributed by atoms with Crippen LogP contribution in [0.1, 0.15) is 27.7 Å². The van der Waals surface area contributed by atoms with Gasteiger partial charge in [0.2, 0.25) is 0 Å². The Morgan fingerprint density at radius 3 is 2.11 bits per heavy atom. The highest BCUT2D eigenvalue weighted by Gasteiger charge is 2.51. The summed E-state index contributed by atoms with van der Waals surface area (Å²) >= 11 is 1.66. The lowest BCUT2D eigenvalue weighted by Crippen LogP contribution is -2.41. The van der Waals surface area contributed by atoms with E-state index < -0.39 is 0 Å². The normalized spacial score (nSPS) is 21.3. The third kappa shape index (κ3) is 2.39. The Hall–Kier alpha value is -0.645. The molecule has 5 heteroatoms. The molecule has 1 aromatic rings. The van der Waals surface area contributed by atoms with E-state index >= 15 is 0 Å². The third-order valence-corrected chi connectivity index (χ3v) is 4.42. The molecule has 2 N–H and O–H groups in total. The first-order valence-corrected chi connectivity index (χ1v) is 7.28. The van der Waals surface area contributed by atoms with Crippen molar-refractivity contribution >= 4 is 30.0 Å². The van der Waals surface area contributed by atoms with Crippen LogP contribution in [0.2, 0.25) is 0 Å². The molecule has 0 aromatic heterocycles. The van der Waals surface area contributed by atoms with E-state index in [2.05, 4.69) is 33.8 Å². The van der Waals surface area contributed by atoms with E-state index in [1.165, 1.54) is 0 Å². The Kier molecular flexibility index (Phi) is 3.43. The van der Waals surface area contributed by atoms with Crippen molar-refractivity contribution in [1.82, 2.24) is 0 Å². The van der Waals surface area contributed by atoms with Crippen LogP contribution in [0.4, 0.5) is 5.69 Å². The van der Waals surface area contributed by atoms with Gasteiger partial charge in [-0.15, -0.1) is 11.8 Å². The Morgan fingerprint density at radius 1 is 1.06 bits per heavy atom. The van der Waals surface area contributed by atoms with Gasteiger partial charge in [0.15, 0.2) is 0 Å². The van der Waals surface area contributed by atoms with Crippen LogP contribution in [0.5, 0.6) is 0 Å². The van der Waals surface area contributed by atoms with Gasteiger partial charge in [0.05, 0.1) is 11.2 Å². The molecule has 0 bridgehead atoms. The molecule has 18 heavy (non-hydrogen) atoms. The highest BCUT2D eigenvalue weighted by Crippen LogP contribution is 2.36. The van der Waals surface area contributed by atoms with E-state index in [1.807, 2.05) is 18.4 Å². The maximum absolute atomic E-state index is 6.02. The fraction of sp³-hybridized carbons (Fsp3) is 0.538. The minimum atomic E-state index is -0.343. The number of nitrogen functional groups attached to an aromatic ring is 1. The Bertz CT molecular complexity index is 446. The number of anilines is 1. The first-order chi connectivity index (χ1) is 8.25. The van der Waals surface area contributed by atoms with Crippen LogP contribution in [-0.2, 0) is 9.31 Å². The minimum absolute atomic E-state index is 0.318. The largest absolute Gasteiger partial charge is 0.494 e. The molecule has 0 aliphatic carbocycles. The van der Waals surface area contributed by atoms with Gasteiger partial charge in [0, 0.05) is 10.6 Å². The topological polar surface area (TPSA) is 44.5 Å². The average molecular weight is 265 g/mol. The molecule has 1 heterocycles. The molecule has 3 nitrogen and oxygen atoms in total. The van der Waals surface area contributed by atoms with E-state index in [1.54, 1.807) is 11.8 Å². The van der Waals surface area contributed by atoms with Crippen molar-refractivity contribution in [2.24, 2.45) is 0 Å². The molecular formula is C13H20BNO2S. The Balaban J connectivity index is 2.32. The van der Waals surface area contributed by atoms with Gasteiger partial charge < -0.3 is 15.0 Å². The van der Waals surface area contributed by atoms with Gasteiger partial charge in [-0.05, 0) is 57.6 Å². The molecule has 0 spiro atoms. The van der Waals surface area contributed by atoms with Gasteiger partial charge >= 0.3 is 7.12 Å². The summed E-state index contributed by atoms with van der Waals surface area (Å²) in [4.78, 5) is 1.12. The summed E-state index contributed by atoms with van der Waals surface area (Å²) < 4.78 is 12.0. The SMILES string of the molecule is CSc1cc(N)cc(B2OC(C)(C)C(C)(C)O2)c1. The van der Waals surface area contributed by atoms with Crippen molar-refractivity contribution in [1.29, 1.82) is 0 Å². The van der Waals surface area contributed by atoms with Crippen molar-refractivity contribution in [3.8, 4) is 0 Å². The predicted molar refractivity (Wildman–Crippen MR) is 78.4 cm³/mol. The molecule has 0 radical (unpaired) electrons. The molecule has 0 saturated carbocycles. The van der Waals surface area contributed by atoms with Crippen LogP contribution in [0.15, 0.2) is 23.1 Å². The standard InChI is InChI=1S/C13H20BNO2S/c1-12(2)13(3,4)17-14(16-12)9-6-10(15)8-11(7-9)18-5/h6-8H,15H2,1-5H3. The molecule has 1 aliphatic heterocycles. The monoisotopic (exact) mass is 265 g/mol. The zero-order valence-corrected chi connectivity index (χ0v) is 12.4. The summed E-state index contributed by atoms with van der Waals surface area (Å²) in [7, 11) is -0.343. The molecule has 1 fully saturated rings. The summed E-state index contributed by atoms with van der Waals surface area (Å²) in [6.45, 7) is 8.20. The van der Waals surface area contributed by atoms with Gasteiger partial charge in [-0.25, -0.2) is 0 Å². The van der Waals surface area contributed by atoms with Gasteiger partial charge in [0.1, 0.15) is 0 Å². The molecule has 1 aromatic carbocycles. The molecule has 2 rings (SSSR count). The lowest BCUT2D eigenvalue weighted by molar-refractivity contribution is 0.00578. The van der Waals surface area contributed by atoms with Crippen molar-refractivity contribution in [2.75, 3.05) is 12.0 Å². The zero-order valence-electron chi connectivity index (χ0n) is 11.6. The van der Waals surface area contributed by atoms with E-state index in [4.69, 9.17) is 15.0 Å². The number of hydrogen-bond donors (Lipinski definition) is 1. The van der Waals surface area contributed by atoms with E-state index in [-0.39, 0.29) is 18.3 Å². The van der Waals surface area contributed by atoms with Gasteiger partial charge in [-0.3, -0.25) is 0 Å². The van der Waals surface area contributed by atoms with Crippen LogP contribution in [0, 0.1) is 0 Å². The third-order valence-electron chi connectivity index (χ3n) is 3.71. The van der Waals surface area contributed by atoms with E-state index in [0.29, 0.717) is 0 Å². The fourth-order valence-electron chi connectivity index (χ4n) is 1.88. The van der Waals surface area contributed by atoms with E-state index in [0.717, 1.165) is 16.0 Å². The van der Waals surface area contributed by atoms with Crippen LogP contribution in [0.25, 0.3) is 0 Å². The lowest BCUT2D eigenvalue weighted by Gasteiger charge is -2.32. The summed E-state index contributed by atoms with van der Waals surface area (Å²) in [5.41, 5.74) is 7.00. The smallest absolute Gasteiger partial charge is 0.399 e. The second kappa shape index (κ2) is 4.47.